The van der Waals surface area contributed by atoms with E-state index in [1.165, 1.54) is 0 Å². The number of carbonyl (C=O) groups excluding carboxylic acids is 1. The molecule has 1 fully saturated rings. The standard InChI is InChI=1S/C15H18N2O3/c1-3-8-20-12-6-4-11(5-7-12)15(18)17-13-9-16-10-14(13)19-2/h1,4-7,13-14,16H,8-10H2,2H3,(H,17,18)/t13-,14+/m1/s1. The van der Waals surface area contributed by atoms with Crippen molar-refractivity contribution in [2.45, 2.75) is 12.1 Å². The predicted molar refractivity (Wildman–Crippen MR) is 75.7 cm³/mol. The summed E-state index contributed by atoms with van der Waals surface area (Å²) in [6.45, 7) is 1.68. The molecule has 1 amide bonds. The minimum Gasteiger partial charge on any atom is -0.481 e. The largest absolute Gasteiger partial charge is 0.481 e. The number of nitrogens with one attached hydrogen (secondary N) is 2. The van der Waals surface area contributed by atoms with Crippen molar-refractivity contribution < 1.29 is 14.3 Å². The van der Waals surface area contributed by atoms with Crippen LogP contribution in [-0.2, 0) is 4.74 Å². The Morgan fingerprint density at radius 2 is 2.20 bits per heavy atom. The lowest BCUT2D eigenvalue weighted by Crippen LogP contribution is -2.43. The average Bonchev–Trinajstić information content (AvgIpc) is 2.92. The van der Waals surface area contributed by atoms with Gasteiger partial charge in [0.05, 0.1) is 12.1 Å². The van der Waals surface area contributed by atoms with Crippen molar-refractivity contribution in [1.29, 1.82) is 0 Å². The smallest absolute Gasteiger partial charge is 0.251 e. The molecule has 1 aromatic carbocycles. The summed E-state index contributed by atoms with van der Waals surface area (Å²) in [5.74, 6) is 2.92. The number of rotatable bonds is 5. The molecule has 0 spiro atoms. The summed E-state index contributed by atoms with van der Waals surface area (Å²) in [7, 11) is 1.65. The SMILES string of the molecule is C#CCOc1ccc(C(=O)N[C@@H]2CNC[C@@H]2OC)cc1. The number of amides is 1. The topological polar surface area (TPSA) is 59.6 Å². The summed E-state index contributed by atoms with van der Waals surface area (Å²) in [6, 6.07) is 6.88. The van der Waals surface area contributed by atoms with E-state index in [2.05, 4.69) is 16.6 Å². The van der Waals surface area contributed by atoms with Gasteiger partial charge >= 0.3 is 0 Å². The van der Waals surface area contributed by atoms with Crippen molar-refractivity contribution in [3.05, 3.63) is 29.8 Å². The van der Waals surface area contributed by atoms with E-state index in [0.717, 1.165) is 6.54 Å². The molecule has 1 aliphatic rings. The highest BCUT2D eigenvalue weighted by Gasteiger charge is 2.28. The van der Waals surface area contributed by atoms with Crippen LogP contribution < -0.4 is 15.4 Å². The maximum absolute atomic E-state index is 12.1. The molecule has 0 saturated carbocycles. The molecule has 0 aromatic heterocycles. The molecule has 0 bridgehead atoms. The van der Waals surface area contributed by atoms with Gasteiger partial charge in [-0.3, -0.25) is 4.79 Å². The van der Waals surface area contributed by atoms with Crippen molar-refractivity contribution in [3.8, 4) is 18.1 Å². The number of hydrogen-bond acceptors (Lipinski definition) is 4. The number of hydrogen-bond donors (Lipinski definition) is 2. The second-order valence-corrected chi connectivity index (χ2v) is 4.53. The molecule has 0 aliphatic carbocycles. The normalized spacial score (nSPS) is 21.2. The van der Waals surface area contributed by atoms with Crippen molar-refractivity contribution in [2.24, 2.45) is 0 Å². The first kappa shape index (κ1) is 14.4. The van der Waals surface area contributed by atoms with Crippen molar-refractivity contribution in [3.63, 3.8) is 0 Å². The Morgan fingerprint density at radius 3 is 2.85 bits per heavy atom. The quantitative estimate of drug-likeness (QED) is 0.764. The molecule has 1 aromatic rings. The van der Waals surface area contributed by atoms with Crippen molar-refractivity contribution in [1.82, 2.24) is 10.6 Å². The number of terminal acetylenes is 1. The molecular weight excluding hydrogens is 256 g/mol. The molecule has 5 nitrogen and oxygen atoms in total. The van der Waals surface area contributed by atoms with Gasteiger partial charge in [-0.25, -0.2) is 0 Å². The lowest BCUT2D eigenvalue weighted by atomic mass is 10.1. The Hall–Kier alpha value is -2.03. The summed E-state index contributed by atoms with van der Waals surface area (Å²) in [6.07, 6.45) is 5.13. The highest BCUT2D eigenvalue weighted by molar-refractivity contribution is 5.94. The molecule has 1 aliphatic heterocycles. The Labute approximate surface area is 118 Å². The van der Waals surface area contributed by atoms with E-state index >= 15 is 0 Å². The fourth-order valence-electron chi connectivity index (χ4n) is 2.13. The van der Waals surface area contributed by atoms with Gasteiger partial charge in [-0.2, -0.15) is 0 Å². The van der Waals surface area contributed by atoms with Gasteiger partial charge in [-0.05, 0) is 24.3 Å². The predicted octanol–water partition coefficient (Wildman–Crippen LogP) is 0.415. The molecule has 5 heteroatoms. The van der Waals surface area contributed by atoms with Gasteiger partial charge in [0, 0.05) is 25.8 Å². The lowest BCUT2D eigenvalue weighted by Gasteiger charge is -2.18. The zero-order valence-corrected chi connectivity index (χ0v) is 11.4. The van der Waals surface area contributed by atoms with E-state index in [0.29, 0.717) is 17.9 Å². The van der Waals surface area contributed by atoms with Crippen LogP contribution in [0.15, 0.2) is 24.3 Å². The Kier molecular flexibility index (Phi) is 4.99. The Morgan fingerprint density at radius 1 is 1.45 bits per heavy atom. The lowest BCUT2D eigenvalue weighted by molar-refractivity contribution is 0.0780. The third kappa shape index (κ3) is 3.50. The van der Waals surface area contributed by atoms with Gasteiger partial charge in [0.1, 0.15) is 12.4 Å². The van der Waals surface area contributed by atoms with E-state index < -0.39 is 0 Å². The second-order valence-electron chi connectivity index (χ2n) is 4.53. The van der Waals surface area contributed by atoms with Crippen LogP contribution in [0.3, 0.4) is 0 Å². The molecule has 106 valence electrons. The number of benzene rings is 1. The van der Waals surface area contributed by atoms with Gasteiger partial charge in [0.15, 0.2) is 0 Å². The highest BCUT2D eigenvalue weighted by Crippen LogP contribution is 2.13. The summed E-state index contributed by atoms with van der Waals surface area (Å²) < 4.78 is 10.6. The molecule has 2 N–H and O–H groups in total. The molecule has 1 saturated heterocycles. The van der Waals surface area contributed by atoms with E-state index in [4.69, 9.17) is 15.9 Å². The zero-order chi connectivity index (χ0) is 14.4. The third-order valence-corrected chi connectivity index (χ3v) is 3.22. The molecule has 1 heterocycles. The van der Waals surface area contributed by atoms with Crippen molar-refractivity contribution >= 4 is 5.91 Å². The monoisotopic (exact) mass is 274 g/mol. The third-order valence-electron chi connectivity index (χ3n) is 3.22. The van der Waals surface area contributed by atoms with Crippen LogP contribution in [0.1, 0.15) is 10.4 Å². The number of carbonyl (C=O) groups is 1. The fourth-order valence-corrected chi connectivity index (χ4v) is 2.13. The fraction of sp³-hybridized carbons (Fsp3) is 0.400. The highest BCUT2D eigenvalue weighted by atomic mass is 16.5. The van der Waals surface area contributed by atoms with Crippen molar-refractivity contribution in [2.75, 3.05) is 26.8 Å². The first-order valence-corrected chi connectivity index (χ1v) is 6.45. The minimum absolute atomic E-state index is 0.00938. The maximum Gasteiger partial charge on any atom is 0.251 e. The minimum atomic E-state index is -0.121. The summed E-state index contributed by atoms with van der Waals surface area (Å²) in [4.78, 5) is 12.1. The van der Waals surface area contributed by atoms with Crippen LogP contribution in [0.5, 0.6) is 5.75 Å². The summed E-state index contributed by atoms with van der Waals surface area (Å²) in [5.41, 5.74) is 0.583. The van der Waals surface area contributed by atoms with E-state index in [9.17, 15) is 4.79 Å². The van der Waals surface area contributed by atoms with Gasteiger partial charge < -0.3 is 20.1 Å². The molecule has 20 heavy (non-hydrogen) atoms. The van der Waals surface area contributed by atoms with Crippen LogP contribution in [-0.4, -0.2) is 44.9 Å². The van der Waals surface area contributed by atoms with Crippen LogP contribution in [0.25, 0.3) is 0 Å². The van der Waals surface area contributed by atoms with Gasteiger partial charge in [-0.1, -0.05) is 5.92 Å². The molecule has 2 atom stereocenters. The summed E-state index contributed by atoms with van der Waals surface area (Å²) >= 11 is 0. The molecule has 0 unspecified atom stereocenters. The van der Waals surface area contributed by atoms with E-state index in [-0.39, 0.29) is 24.7 Å². The van der Waals surface area contributed by atoms with Gasteiger partial charge in [-0.15, -0.1) is 6.42 Å². The number of methoxy groups -OCH3 is 1. The summed E-state index contributed by atoms with van der Waals surface area (Å²) in [5, 5.41) is 6.14. The van der Waals surface area contributed by atoms with Crippen LogP contribution in [0.2, 0.25) is 0 Å². The van der Waals surface area contributed by atoms with Crippen LogP contribution >= 0.6 is 0 Å². The van der Waals surface area contributed by atoms with E-state index in [1.54, 1.807) is 31.4 Å². The second kappa shape index (κ2) is 6.94. The first-order chi connectivity index (χ1) is 9.74. The van der Waals surface area contributed by atoms with E-state index in [1.807, 2.05) is 0 Å². The Bertz CT molecular complexity index is 493. The average molecular weight is 274 g/mol. The van der Waals surface area contributed by atoms with Gasteiger partial charge in [0.25, 0.3) is 5.91 Å². The number of ether oxygens (including phenoxy) is 2. The van der Waals surface area contributed by atoms with Gasteiger partial charge in [0.2, 0.25) is 0 Å². The maximum atomic E-state index is 12.1. The molecule has 0 radical (unpaired) electrons. The molecular formula is C15H18N2O3. The van der Waals surface area contributed by atoms with Crippen LogP contribution in [0, 0.1) is 12.3 Å². The molecule has 2 rings (SSSR count). The Balaban J connectivity index is 1.94. The zero-order valence-electron chi connectivity index (χ0n) is 11.4. The van der Waals surface area contributed by atoms with Crippen LogP contribution in [0.4, 0.5) is 0 Å². The first-order valence-electron chi connectivity index (χ1n) is 6.45.